The molecule has 0 amide bonds. The molecule has 1 saturated heterocycles. The van der Waals surface area contributed by atoms with Crippen molar-refractivity contribution >= 4 is 8.80 Å². The molecule has 1 heterocycles. The number of hydrogen-bond donors (Lipinski definition) is 0. The summed E-state index contributed by atoms with van der Waals surface area (Å²) in [7, 11) is 1.92. The fourth-order valence-corrected chi connectivity index (χ4v) is 4.46. The highest BCUT2D eigenvalue weighted by molar-refractivity contribution is 6.62. The van der Waals surface area contributed by atoms with Crippen LogP contribution in [0.25, 0.3) is 0 Å². The minimum Gasteiger partial charge on any atom is -0.381 e. The lowest BCUT2D eigenvalue weighted by Crippen LogP contribution is -2.56. The van der Waals surface area contributed by atoms with E-state index in [2.05, 4.69) is 13.8 Å². The van der Waals surface area contributed by atoms with Gasteiger partial charge in [0.25, 0.3) is 0 Å². The Hall–Kier alpha value is -0.0631. The van der Waals surface area contributed by atoms with Crippen LogP contribution in [0.15, 0.2) is 0 Å². The molecule has 27 heavy (non-hydrogen) atoms. The molecular weight excluding hydrogens is 368 g/mol. The summed E-state index contributed by atoms with van der Waals surface area (Å²) >= 11 is 0. The van der Waals surface area contributed by atoms with E-state index in [1.165, 1.54) is 6.42 Å². The van der Waals surface area contributed by atoms with Gasteiger partial charge in [0.15, 0.2) is 6.29 Å². The molecule has 1 rings (SSSR count). The predicted molar refractivity (Wildman–Crippen MR) is 108 cm³/mol. The van der Waals surface area contributed by atoms with Gasteiger partial charge in [-0.3, -0.25) is 0 Å². The first-order chi connectivity index (χ1) is 12.8. The third-order valence-corrected chi connectivity index (χ3v) is 7.26. The lowest BCUT2D eigenvalue weighted by molar-refractivity contribution is -0.172. The molecule has 1 aliphatic heterocycles. The Morgan fingerprint density at radius 3 is 1.81 bits per heavy atom. The minimum absolute atomic E-state index is 0.0363. The van der Waals surface area contributed by atoms with Crippen LogP contribution in [0, 0.1) is 5.92 Å². The van der Waals surface area contributed by atoms with E-state index in [9.17, 15) is 0 Å². The van der Waals surface area contributed by atoms with E-state index in [1.54, 1.807) is 21.3 Å². The maximum Gasteiger partial charge on any atom is 0.530 e. The molecule has 0 spiro atoms. The van der Waals surface area contributed by atoms with Crippen LogP contribution >= 0.6 is 0 Å². The van der Waals surface area contributed by atoms with Crippen molar-refractivity contribution in [1.29, 1.82) is 0 Å². The molecule has 1 fully saturated rings. The van der Waals surface area contributed by atoms with E-state index in [-0.39, 0.29) is 18.1 Å². The monoisotopic (exact) mass is 410 g/mol. The summed E-state index contributed by atoms with van der Waals surface area (Å²) in [6.45, 7) is 13.5. The number of hydrogen-bond acceptors (Lipinski definition) is 7. The lowest BCUT2D eigenvalue weighted by Gasteiger charge is -2.33. The normalized spacial score (nSPS) is 17.7. The predicted octanol–water partition coefficient (Wildman–Crippen LogP) is 3.42. The maximum atomic E-state index is 5.94. The summed E-state index contributed by atoms with van der Waals surface area (Å²) in [5.41, 5.74) is -0.269. The van der Waals surface area contributed by atoms with Crippen molar-refractivity contribution in [3.8, 4) is 0 Å². The van der Waals surface area contributed by atoms with Crippen molar-refractivity contribution in [2.75, 3.05) is 47.8 Å². The van der Waals surface area contributed by atoms with Crippen molar-refractivity contribution in [2.24, 2.45) is 5.92 Å². The van der Waals surface area contributed by atoms with E-state index in [0.717, 1.165) is 32.7 Å². The Bertz CT molecular complexity index is 324. The standard InChI is InChI=1S/C16H36O6Si.C3H6O/c1-9-16(23(17-6,18-7)19-8)22-15(5)21-12-14(4)20-11-10-13(2)3;1-2-4-3-1/h13-16H,9-12H2,1-8H3;1-3H2. The van der Waals surface area contributed by atoms with E-state index in [4.69, 9.17) is 32.2 Å². The Morgan fingerprint density at radius 1 is 0.926 bits per heavy atom. The highest BCUT2D eigenvalue weighted by atomic mass is 28.4. The third kappa shape index (κ3) is 11.5. The molecule has 3 unspecified atom stereocenters. The molecule has 3 atom stereocenters. The Morgan fingerprint density at radius 2 is 1.44 bits per heavy atom. The van der Waals surface area contributed by atoms with Gasteiger partial charge in [-0.25, -0.2) is 0 Å². The topological polar surface area (TPSA) is 64.6 Å². The first kappa shape index (κ1) is 26.9. The van der Waals surface area contributed by atoms with E-state index in [0.29, 0.717) is 12.5 Å². The summed E-state index contributed by atoms with van der Waals surface area (Å²) in [5, 5.41) is 0. The van der Waals surface area contributed by atoms with Crippen LogP contribution in [0.1, 0.15) is 53.9 Å². The fraction of sp³-hybridized carbons (Fsp3) is 1.00. The minimum atomic E-state index is -2.83. The summed E-state index contributed by atoms with van der Waals surface area (Å²) in [5.74, 6) is 0.644. The van der Waals surface area contributed by atoms with Gasteiger partial charge in [0.1, 0.15) is 5.73 Å². The average Bonchev–Trinajstić information content (AvgIpc) is 2.59. The van der Waals surface area contributed by atoms with Gasteiger partial charge in [-0.1, -0.05) is 20.8 Å². The Balaban J connectivity index is 0.00000148. The maximum absolute atomic E-state index is 5.94. The van der Waals surface area contributed by atoms with Crippen LogP contribution in [0.4, 0.5) is 0 Å². The summed E-state index contributed by atoms with van der Waals surface area (Å²) in [6, 6.07) is 0. The summed E-state index contributed by atoms with van der Waals surface area (Å²) in [4.78, 5) is 0. The summed E-state index contributed by atoms with van der Waals surface area (Å²) in [6.07, 6.45) is 2.70. The van der Waals surface area contributed by atoms with Crippen molar-refractivity contribution in [2.45, 2.75) is 72.0 Å². The largest absolute Gasteiger partial charge is 0.530 e. The van der Waals surface area contributed by atoms with E-state index in [1.807, 2.05) is 20.8 Å². The Labute approximate surface area is 167 Å². The third-order valence-electron chi connectivity index (χ3n) is 4.22. The molecular formula is C19H42O7Si. The van der Waals surface area contributed by atoms with E-state index >= 15 is 0 Å². The number of rotatable bonds is 14. The fourth-order valence-electron chi connectivity index (χ4n) is 2.31. The lowest BCUT2D eigenvalue weighted by atomic mass is 10.1. The van der Waals surface area contributed by atoms with Gasteiger partial charge >= 0.3 is 8.80 Å². The highest BCUT2D eigenvalue weighted by Crippen LogP contribution is 2.20. The molecule has 7 nitrogen and oxygen atoms in total. The van der Waals surface area contributed by atoms with Crippen molar-refractivity contribution in [3.05, 3.63) is 0 Å². The average molecular weight is 411 g/mol. The van der Waals surface area contributed by atoms with Crippen molar-refractivity contribution in [1.82, 2.24) is 0 Å². The molecule has 0 aliphatic carbocycles. The zero-order chi connectivity index (χ0) is 20.7. The van der Waals surface area contributed by atoms with Gasteiger partial charge in [-0.2, -0.15) is 0 Å². The van der Waals surface area contributed by atoms with Crippen molar-refractivity contribution in [3.63, 3.8) is 0 Å². The van der Waals surface area contributed by atoms with Crippen LogP contribution in [0.2, 0.25) is 0 Å². The first-order valence-electron chi connectivity index (χ1n) is 9.96. The molecule has 164 valence electrons. The van der Waals surface area contributed by atoms with Gasteiger partial charge < -0.3 is 32.2 Å². The molecule has 0 saturated carbocycles. The molecule has 0 aromatic rings. The molecule has 0 radical (unpaired) electrons. The van der Waals surface area contributed by atoms with Gasteiger partial charge in [-0.15, -0.1) is 0 Å². The second kappa shape index (κ2) is 15.8. The van der Waals surface area contributed by atoms with Crippen LogP contribution in [0.5, 0.6) is 0 Å². The van der Waals surface area contributed by atoms with Gasteiger partial charge in [-0.05, 0) is 39.0 Å². The van der Waals surface area contributed by atoms with E-state index < -0.39 is 8.80 Å². The van der Waals surface area contributed by atoms with Gasteiger partial charge in [0.2, 0.25) is 0 Å². The van der Waals surface area contributed by atoms with Crippen molar-refractivity contribution < 1.29 is 32.2 Å². The Kier molecular flexibility index (Phi) is 15.8. The highest BCUT2D eigenvalue weighted by Gasteiger charge is 2.48. The van der Waals surface area contributed by atoms with Crippen LogP contribution in [-0.2, 0) is 32.2 Å². The quantitative estimate of drug-likeness (QED) is 0.321. The molecule has 0 aromatic heterocycles. The van der Waals surface area contributed by atoms with Crippen LogP contribution in [0.3, 0.4) is 0 Å². The second-order valence-corrected chi connectivity index (χ2v) is 10.1. The zero-order valence-electron chi connectivity index (χ0n) is 18.6. The molecule has 1 aliphatic rings. The second-order valence-electron chi connectivity index (χ2n) is 6.98. The van der Waals surface area contributed by atoms with Gasteiger partial charge in [0, 0.05) is 41.2 Å². The number of ether oxygens (including phenoxy) is 4. The molecule has 0 N–H and O–H groups in total. The molecule has 0 bridgehead atoms. The molecule has 8 heteroatoms. The van der Waals surface area contributed by atoms with Crippen LogP contribution in [-0.4, -0.2) is 74.7 Å². The molecule has 0 aromatic carbocycles. The van der Waals surface area contributed by atoms with Gasteiger partial charge in [0.05, 0.1) is 12.7 Å². The van der Waals surface area contributed by atoms with Crippen LogP contribution < -0.4 is 0 Å². The SMILES string of the molecule is C1COC1.CCC(OC(C)OCC(C)OCCC(C)C)[Si](OC)(OC)OC. The smallest absolute Gasteiger partial charge is 0.381 e. The first-order valence-corrected chi connectivity index (χ1v) is 11.8. The zero-order valence-corrected chi connectivity index (χ0v) is 19.6. The summed E-state index contributed by atoms with van der Waals surface area (Å²) < 4.78 is 38.6.